The Morgan fingerprint density at radius 1 is 1.13 bits per heavy atom. The first-order chi connectivity index (χ1) is 7.27. The summed E-state index contributed by atoms with van der Waals surface area (Å²) in [6.45, 7) is 5.99. The summed E-state index contributed by atoms with van der Waals surface area (Å²) in [5, 5.41) is 2.86. The number of hydrogen-bond donors (Lipinski definition) is 1. The van der Waals surface area contributed by atoms with E-state index in [0.29, 0.717) is 6.42 Å². The third-order valence-corrected chi connectivity index (χ3v) is 2.18. The van der Waals surface area contributed by atoms with Crippen LogP contribution in [0.2, 0.25) is 0 Å². The highest BCUT2D eigenvalue weighted by Crippen LogP contribution is 2.22. The molecule has 0 aromatic heterocycles. The molecule has 0 radical (unpaired) electrons. The summed E-state index contributed by atoms with van der Waals surface area (Å²) in [6, 6.07) is 9.92. The summed E-state index contributed by atoms with van der Waals surface area (Å²) >= 11 is 0. The van der Waals surface area contributed by atoms with Crippen molar-refractivity contribution < 1.29 is 4.79 Å². The lowest BCUT2D eigenvalue weighted by Crippen LogP contribution is -2.13. The van der Waals surface area contributed by atoms with Crippen molar-refractivity contribution in [3.8, 4) is 0 Å². The molecule has 80 valence electrons. The minimum atomic E-state index is 0.0938. The van der Waals surface area contributed by atoms with Gasteiger partial charge in [0.25, 0.3) is 0 Å². The average Bonchev–Trinajstić information content (AvgIpc) is 2.62. The maximum Gasteiger partial charge on any atom is 0.228 e. The number of rotatable bonds is 1. The van der Waals surface area contributed by atoms with Crippen LogP contribution >= 0.6 is 0 Å². The topological polar surface area (TPSA) is 29.1 Å². The average molecular weight is 203 g/mol. The Bertz CT molecular complexity index is 365. The Kier molecular flexibility index (Phi) is 4.10. The Labute approximate surface area is 91.0 Å². The molecule has 0 saturated carbocycles. The van der Waals surface area contributed by atoms with Gasteiger partial charge in [-0.15, -0.1) is 0 Å². The maximum absolute atomic E-state index is 11.1. The lowest BCUT2D eigenvalue weighted by Gasteiger charge is -2.03. The fraction of sp³-hybridized carbons (Fsp3) is 0.308. The van der Waals surface area contributed by atoms with Crippen molar-refractivity contribution in [1.29, 1.82) is 0 Å². The van der Waals surface area contributed by atoms with Crippen molar-refractivity contribution in [1.82, 2.24) is 5.32 Å². The molecule has 2 nitrogen and oxygen atoms in total. The molecule has 0 unspecified atom stereocenters. The SMILES string of the molecule is CC.CC1=C(c2ccccc2)NC(=O)C1. The van der Waals surface area contributed by atoms with E-state index in [1.165, 1.54) is 0 Å². The van der Waals surface area contributed by atoms with Crippen molar-refractivity contribution in [2.24, 2.45) is 0 Å². The molecule has 0 bridgehead atoms. The van der Waals surface area contributed by atoms with Gasteiger partial charge in [0.1, 0.15) is 0 Å². The van der Waals surface area contributed by atoms with Gasteiger partial charge in [-0.05, 0) is 18.1 Å². The number of benzene rings is 1. The standard InChI is InChI=1S/C11H11NO.C2H6/c1-8-7-10(13)12-11(8)9-5-3-2-4-6-9;1-2/h2-6H,7H2,1H3,(H,12,13);1-2H3. The minimum absolute atomic E-state index is 0.0938. The van der Waals surface area contributed by atoms with Crippen molar-refractivity contribution in [3.63, 3.8) is 0 Å². The molecular formula is C13H17NO. The molecule has 1 aromatic rings. The molecule has 1 aliphatic heterocycles. The molecule has 0 atom stereocenters. The van der Waals surface area contributed by atoms with Gasteiger partial charge >= 0.3 is 0 Å². The zero-order valence-electron chi connectivity index (χ0n) is 9.50. The summed E-state index contributed by atoms with van der Waals surface area (Å²) in [4.78, 5) is 11.1. The van der Waals surface area contributed by atoms with E-state index in [1.54, 1.807) is 0 Å². The highest BCUT2D eigenvalue weighted by atomic mass is 16.1. The number of nitrogens with one attached hydrogen (secondary N) is 1. The third kappa shape index (κ3) is 2.69. The molecule has 0 spiro atoms. The van der Waals surface area contributed by atoms with Gasteiger partial charge in [-0.25, -0.2) is 0 Å². The van der Waals surface area contributed by atoms with Crippen LogP contribution < -0.4 is 5.32 Å². The lowest BCUT2D eigenvalue weighted by atomic mass is 10.1. The third-order valence-electron chi connectivity index (χ3n) is 2.18. The second-order valence-corrected chi connectivity index (χ2v) is 3.25. The first-order valence-electron chi connectivity index (χ1n) is 5.32. The second-order valence-electron chi connectivity index (χ2n) is 3.25. The first kappa shape index (κ1) is 11.5. The summed E-state index contributed by atoms with van der Waals surface area (Å²) in [7, 11) is 0. The van der Waals surface area contributed by atoms with E-state index in [2.05, 4.69) is 5.32 Å². The molecule has 2 rings (SSSR count). The molecule has 1 amide bonds. The lowest BCUT2D eigenvalue weighted by molar-refractivity contribution is -0.118. The molecule has 15 heavy (non-hydrogen) atoms. The Hall–Kier alpha value is -1.57. The van der Waals surface area contributed by atoms with Gasteiger partial charge in [0.2, 0.25) is 5.91 Å². The van der Waals surface area contributed by atoms with E-state index in [1.807, 2.05) is 51.1 Å². The number of hydrogen-bond acceptors (Lipinski definition) is 1. The van der Waals surface area contributed by atoms with E-state index >= 15 is 0 Å². The van der Waals surface area contributed by atoms with Crippen LogP contribution in [0.25, 0.3) is 5.70 Å². The van der Waals surface area contributed by atoms with E-state index < -0.39 is 0 Å². The summed E-state index contributed by atoms with van der Waals surface area (Å²) in [6.07, 6.45) is 0.532. The predicted octanol–water partition coefficient (Wildman–Crippen LogP) is 2.96. The van der Waals surface area contributed by atoms with Crippen molar-refractivity contribution in [2.75, 3.05) is 0 Å². The number of amides is 1. The van der Waals surface area contributed by atoms with Gasteiger partial charge in [0, 0.05) is 12.1 Å². The Balaban J connectivity index is 0.000000531. The molecule has 1 N–H and O–H groups in total. The van der Waals surface area contributed by atoms with Crippen LogP contribution in [-0.2, 0) is 4.79 Å². The molecule has 0 aliphatic carbocycles. The number of carbonyl (C=O) groups is 1. The van der Waals surface area contributed by atoms with Crippen LogP contribution in [0, 0.1) is 0 Å². The van der Waals surface area contributed by atoms with Crippen LogP contribution in [-0.4, -0.2) is 5.91 Å². The fourth-order valence-electron chi connectivity index (χ4n) is 1.54. The quantitative estimate of drug-likeness (QED) is 0.747. The first-order valence-corrected chi connectivity index (χ1v) is 5.32. The van der Waals surface area contributed by atoms with E-state index in [-0.39, 0.29) is 5.91 Å². The molecule has 1 aliphatic rings. The van der Waals surface area contributed by atoms with Gasteiger partial charge in [-0.3, -0.25) is 4.79 Å². The van der Waals surface area contributed by atoms with Gasteiger partial charge in [-0.2, -0.15) is 0 Å². The summed E-state index contributed by atoms with van der Waals surface area (Å²) < 4.78 is 0. The number of carbonyl (C=O) groups excluding carboxylic acids is 1. The van der Waals surface area contributed by atoms with Crippen LogP contribution in [0.3, 0.4) is 0 Å². The fourth-order valence-corrected chi connectivity index (χ4v) is 1.54. The highest BCUT2D eigenvalue weighted by Gasteiger charge is 2.17. The largest absolute Gasteiger partial charge is 0.325 e. The van der Waals surface area contributed by atoms with Crippen molar-refractivity contribution >= 4 is 11.6 Å². The molecule has 1 aromatic carbocycles. The zero-order chi connectivity index (χ0) is 11.3. The smallest absolute Gasteiger partial charge is 0.228 e. The van der Waals surface area contributed by atoms with Crippen LogP contribution in [0.5, 0.6) is 0 Å². The van der Waals surface area contributed by atoms with E-state index in [0.717, 1.165) is 16.8 Å². The predicted molar refractivity (Wildman–Crippen MR) is 63.1 cm³/mol. The summed E-state index contributed by atoms with van der Waals surface area (Å²) in [5.41, 5.74) is 3.19. The van der Waals surface area contributed by atoms with Gasteiger partial charge in [0.15, 0.2) is 0 Å². The highest BCUT2D eigenvalue weighted by molar-refractivity contribution is 5.95. The molecule has 0 fully saturated rings. The maximum atomic E-state index is 11.1. The Morgan fingerprint density at radius 2 is 1.73 bits per heavy atom. The van der Waals surface area contributed by atoms with Gasteiger partial charge < -0.3 is 5.32 Å². The van der Waals surface area contributed by atoms with E-state index in [9.17, 15) is 4.79 Å². The van der Waals surface area contributed by atoms with Crippen LogP contribution in [0.15, 0.2) is 35.9 Å². The van der Waals surface area contributed by atoms with Crippen molar-refractivity contribution in [3.05, 3.63) is 41.5 Å². The van der Waals surface area contributed by atoms with Crippen LogP contribution in [0.4, 0.5) is 0 Å². The Morgan fingerprint density at radius 3 is 2.20 bits per heavy atom. The van der Waals surface area contributed by atoms with E-state index in [4.69, 9.17) is 0 Å². The van der Waals surface area contributed by atoms with Crippen LogP contribution in [0.1, 0.15) is 32.8 Å². The second kappa shape index (κ2) is 5.35. The minimum Gasteiger partial charge on any atom is -0.325 e. The molecule has 0 saturated heterocycles. The summed E-state index contributed by atoms with van der Waals surface area (Å²) in [5.74, 6) is 0.0938. The molecule has 2 heteroatoms. The van der Waals surface area contributed by atoms with Gasteiger partial charge in [-0.1, -0.05) is 44.2 Å². The van der Waals surface area contributed by atoms with Crippen molar-refractivity contribution in [2.45, 2.75) is 27.2 Å². The zero-order valence-corrected chi connectivity index (χ0v) is 9.50. The molecule has 1 heterocycles. The molecular weight excluding hydrogens is 186 g/mol. The normalized spacial score (nSPS) is 14.5. The monoisotopic (exact) mass is 203 g/mol. The van der Waals surface area contributed by atoms with Gasteiger partial charge in [0.05, 0.1) is 0 Å².